The van der Waals surface area contributed by atoms with Gasteiger partial charge in [-0.05, 0) is 48.6 Å². The van der Waals surface area contributed by atoms with Crippen LogP contribution in [0, 0.1) is 0 Å². The molecule has 0 aliphatic heterocycles. The van der Waals surface area contributed by atoms with Gasteiger partial charge >= 0.3 is 0 Å². The van der Waals surface area contributed by atoms with E-state index in [2.05, 4.69) is 10.6 Å². The molecule has 8 nitrogen and oxygen atoms in total. The molecule has 3 heterocycles. The van der Waals surface area contributed by atoms with Crippen LogP contribution in [0.1, 0.15) is 52.9 Å². The lowest BCUT2D eigenvalue weighted by molar-refractivity contribution is -0.141. The van der Waals surface area contributed by atoms with Gasteiger partial charge in [-0.25, -0.2) is 0 Å². The summed E-state index contributed by atoms with van der Waals surface area (Å²) in [5, 5.41) is 7.56. The SMILES string of the molecule is O=C(NCC(=O)N(Cc1ccco1)[C@H](C(=O)NC1CCCC1)c1cccs1)c1ccco1. The second-order valence-electron chi connectivity index (χ2n) is 7.67. The van der Waals surface area contributed by atoms with Gasteiger partial charge in [-0.15, -0.1) is 11.3 Å². The maximum absolute atomic E-state index is 13.4. The summed E-state index contributed by atoms with van der Waals surface area (Å²) in [5.74, 6) is -0.461. The topological polar surface area (TPSA) is 105 Å². The molecule has 0 unspecified atom stereocenters. The van der Waals surface area contributed by atoms with Crippen molar-refractivity contribution in [3.05, 3.63) is 70.7 Å². The van der Waals surface area contributed by atoms with Crippen LogP contribution < -0.4 is 10.6 Å². The molecule has 0 aromatic carbocycles. The summed E-state index contributed by atoms with van der Waals surface area (Å²) in [6.45, 7) is -0.179. The first-order chi connectivity index (χ1) is 15.6. The van der Waals surface area contributed by atoms with E-state index < -0.39 is 17.9 Å². The van der Waals surface area contributed by atoms with Crippen molar-refractivity contribution in [2.24, 2.45) is 0 Å². The summed E-state index contributed by atoms with van der Waals surface area (Å²) in [7, 11) is 0. The molecule has 3 aromatic heterocycles. The van der Waals surface area contributed by atoms with Crippen molar-refractivity contribution in [1.82, 2.24) is 15.5 Å². The predicted octanol–water partition coefficient (Wildman–Crippen LogP) is 3.49. The minimum Gasteiger partial charge on any atom is -0.467 e. The number of carbonyl (C=O) groups is 3. The number of amides is 3. The summed E-state index contributed by atoms with van der Waals surface area (Å²) in [5.41, 5.74) is 0. The van der Waals surface area contributed by atoms with Crippen molar-refractivity contribution >= 4 is 29.1 Å². The molecule has 0 saturated heterocycles. The minimum absolute atomic E-state index is 0.100. The third-order valence-corrected chi connectivity index (χ3v) is 6.37. The number of furan rings is 2. The van der Waals surface area contributed by atoms with Gasteiger partial charge in [-0.2, -0.15) is 0 Å². The Morgan fingerprint density at radius 3 is 2.50 bits per heavy atom. The van der Waals surface area contributed by atoms with E-state index in [1.807, 2.05) is 17.5 Å². The van der Waals surface area contributed by atoms with E-state index in [-0.39, 0.29) is 30.8 Å². The second-order valence-corrected chi connectivity index (χ2v) is 8.65. The Bertz CT molecular complexity index is 1010. The molecular weight excluding hydrogens is 430 g/mol. The number of nitrogens with zero attached hydrogens (tertiary/aromatic N) is 1. The lowest BCUT2D eigenvalue weighted by atomic mass is 10.1. The van der Waals surface area contributed by atoms with E-state index in [4.69, 9.17) is 8.83 Å². The van der Waals surface area contributed by atoms with Crippen molar-refractivity contribution in [1.29, 1.82) is 0 Å². The van der Waals surface area contributed by atoms with E-state index in [0.717, 1.165) is 30.6 Å². The monoisotopic (exact) mass is 455 g/mol. The number of hydrogen-bond acceptors (Lipinski definition) is 6. The Hall–Kier alpha value is -3.33. The van der Waals surface area contributed by atoms with Crippen molar-refractivity contribution < 1.29 is 23.2 Å². The molecule has 3 amide bonds. The third-order valence-electron chi connectivity index (χ3n) is 5.45. The molecule has 32 heavy (non-hydrogen) atoms. The van der Waals surface area contributed by atoms with Crippen LogP contribution >= 0.6 is 11.3 Å². The average molecular weight is 456 g/mol. The summed E-state index contributed by atoms with van der Waals surface area (Å²) in [6.07, 6.45) is 6.96. The Kier molecular flexibility index (Phi) is 7.06. The van der Waals surface area contributed by atoms with E-state index >= 15 is 0 Å². The molecule has 1 aliphatic rings. The first kappa shape index (κ1) is 21.9. The molecule has 0 spiro atoms. The van der Waals surface area contributed by atoms with Gasteiger partial charge in [0.15, 0.2) is 5.76 Å². The van der Waals surface area contributed by atoms with Crippen molar-refractivity contribution in [2.45, 2.75) is 44.3 Å². The number of hydrogen-bond donors (Lipinski definition) is 2. The van der Waals surface area contributed by atoms with E-state index in [1.165, 1.54) is 34.8 Å². The van der Waals surface area contributed by atoms with Crippen LogP contribution in [0.4, 0.5) is 0 Å². The van der Waals surface area contributed by atoms with Gasteiger partial charge in [-0.1, -0.05) is 18.9 Å². The van der Waals surface area contributed by atoms with Gasteiger partial charge in [-0.3, -0.25) is 14.4 Å². The summed E-state index contributed by atoms with van der Waals surface area (Å²) in [4.78, 5) is 41.1. The number of nitrogens with one attached hydrogen (secondary N) is 2. The predicted molar refractivity (Wildman–Crippen MR) is 118 cm³/mol. The fraction of sp³-hybridized carbons (Fsp3) is 0.348. The molecule has 1 atom stereocenters. The maximum atomic E-state index is 13.4. The van der Waals surface area contributed by atoms with E-state index in [9.17, 15) is 14.4 Å². The average Bonchev–Trinajstić information content (AvgIpc) is 3.59. The summed E-state index contributed by atoms with van der Waals surface area (Å²) >= 11 is 1.41. The van der Waals surface area contributed by atoms with Gasteiger partial charge in [0.25, 0.3) is 5.91 Å². The van der Waals surface area contributed by atoms with Gasteiger partial charge in [0.1, 0.15) is 11.8 Å². The zero-order chi connectivity index (χ0) is 22.3. The molecule has 0 radical (unpaired) electrons. The molecule has 1 saturated carbocycles. The second kappa shape index (κ2) is 10.3. The summed E-state index contributed by atoms with van der Waals surface area (Å²) in [6, 6.07) is 9.58. The number of thiophene rings is 1. The van der Waals surface area contributed by atoms with Crippen LogP contribution in [0.25, 0.3) is 0 Å². The lowest BCUT2D eigenvalue weighted by Gasteiger charge is -2.31. The fourth-order valence-corrected chi connectivity index (χ4v) is 4.70. The molecule has 0 bridgehead atoms. The van der Waals surface area contributed by atoms with E-state index in [0.29, 0.717) is 5.76 Å². The van der Waals surface area contributed by atoms with Crippen LogP contribution in [0.15, 0.2) is 63.1 Å². The van der Waals surface area contributed by atoms with Crippen LogP contribution in [-0.2, 0) is 16.1 Å². The zero-order valence-electron chi connectivity index (χ0n) is 17.5. The van der Waals surface area contributed by atoms with E-state index in [1.54, 1.807) is 18.2 Å². The highest BCUT2D eigenvalue weighted by atomic mass is 32.1. The van der Waals surface area contributed by atoms with Crippen LogP contribution in [0.2, 0.25) is 0 Å². The van der Waals surface area contributed by atoms with Gasteiger partial charge < -0.3 is 24.4 Å². The van der Waals surface area contributed by atoms with Crippen molar-refractivity contribution in [3.63, 3.8) is 0 Å². The summed E-state index contributed by atoms with van der Waals surface area (Å²) < 4.78 is 10.5. The quantitative estimate of drug-likeness (QED) is 0.514. The smallest absolute Gasteiger partial charge is 0.287 e. The molecule has 168 valence electrons. The highest BCUT2D eigenvalue weighted by Crippen LogP contribution is 2.29. The molecule has 1 fully saturated rings. The van der Waals surface area contributed by atoms with Crippen LogP contribution in [-0.4, -0.2) is 35.2 Å². The maximum Gasteiger partial charge on any atom is 0.287 e. The van der Waals surface area contributed by atoms with Gasteiger partial charge in [0, 0.05) is 10.9 Å². The molecule has 4 rings (SSSR count). The molecule has 9 heteroatoms. The fourth-order valence-electron chi connectivity index (χ4n) is 3.87. The molecular formula is C23H25N3O5S. The Morgan fingerprint density at radius 1 is 1.06 bits per heavy atom. The lowest BCUT2D eigenvalue weighted by Crippen LogP contribution is -2.48. The van der Waals surface area contributed by atoms with Crippen molar-refractivity contribution in [2.75, 3.05) is 6.54 Å². The molecule has 3 aromatic rings. The number of rotatable bonds is 9. The van der Waals surface area contributed by atoms with Crippen LogP contribution in [0.5, 0.6) is 0 Å². The largest absolute Gasteiger partial charge is 0.467 e. The van der Waals surface area contributed by atoms with Gasteiger partial charge in [0.2, 0.25) is 11.8 Å². The highest BCUT2D eigenvalue weighted by Gasteiger charge is 2.34. The Balaban J connectivity index is 1.55. The van der Waals surface area contributed by atoms with Gasteiger partial charge in [0.05, 0.1) is 25.6 Å². The number of carbonyl (C=O) groups excluding carboxylic acids is 3. The molecule has 1 aliphatic carbocycles. The highest BCUT2D eigenvalue weighted by molar-refractivity contribution is 7.10. The van der Waals surface area contributed by atoms with Crippen LogP contribution in [0.3, 0.4) is 0 Å². The van der Waals surface area contributed by atoms with Crippen molar-refractivity contribution in [3.8, 4) is 0 Å². The standard InChI is InChI=1S/C23H25N3O5S/c27-20(14-24-22(28)18-9-4-12-31-18)26(15-17-8-3-11-30-17)21(19-10-5-13-32-19)23(29)25-16-6-1-2-7-16/h3-5,8-13,16,21H,1-2,6-7,14-15H2,(H,24,28)(H,25,29)/t21-/m0/s1. The first-order valence-corrected chi connectivity index (χ1v) is 11.5. The first-order valence-electron chi connectivity index (χ1n) is 10.6. The zero-order valence-corrected chi connectivity index (χ0v) is 18.3. The Morgan fingerprint density at radius 2 is 1.84 bits per heavy atom. The normalized spacial score (nSPS) is 14.8. The third kappa shape index (κ3) is 5.28. The Labute approximate surface area is 189 Å². The minimum atomic E-state index is -0.825. The molecule has 2 N–H and O–H groups in total.